The zero-order valence-corrected chi connectivity index (χ0v) is 14.7. The van der Waals surface area contributed by atoms with Gasteiger partial charge in [0.2, 0.25) is 0 Å². The van der Waals surface area contributed by atoms with Gasteiger partial charge in [-0.15, -0.1) is 0 Å². The van der Waals surface area contributed by atoms with Gasteiger partial charge >= 0.3 is 6.09 Å². The van der Waals surface area contributed by atoms with E-state index in [-0.39, 0.29) is 30.2 Å². The second-order valence-corrected chi connectivity index (χ2v) is 5.83. The van der Waals surface area contributed by atoms with Crippen molar-refractivity contribution < 1.29 is 9.53 Å². The molecule has 1 amide bonds. The Balaban J connectivity index is 2.17. The van der Waals surface area contributed by atoms with Crippen LogP contribution in [-0.4, -0.2) is 23.7 Å². The van der Waals surface area contributed by atoms with Gasteiger partial charge in [-0.2, -0.15) is 0 Å². The first-order valence-electron chi connectivity index (χ1n) is 8.23. The third-order valence-corrected chi connectivity index (χ3v) is 4.05. The zero-order valence-electron chi connectivity index (χ0n) is 14.7. The van der Waals surface area contributed by atoms with Crippen LogP contribution in [0.4, 0.5) is 27.8 Å². The summed E-state index contributed by atoms with van der Waals surface area (Å²) in [6, 6.07) is 11.9. The van der Waals surface area contributed by atoms with Crippen LogP contribution in [-0.2, 0) is 4.74 Å². The van der Waals surface area contributed by atoms with Crippen molar-refractivity contribution in [2.75, 3.05) is 28.7 Å². The number of carbonyl (C=O) groups excluding carboxylic acids is 1. The fraction of sp³-hybridized carbons (Fsp3) is 0.333. The summed E-state index contributed by atoms with van der Waals surface area (Å²) in [4.78, 5) is 15.6. The maximum absolute atomic E-state index is 11.6. The lowest BCUT2D eigenvalue weighted by molar-refractivity contribution is 0.168. The lowest BCUT2D eigenvalue weighted by Crippen LogP contribution is -2.23. The predicted molar refractivity (Wildman–Crippen MR) is 102 cm³/mol. The summed E-state index contributed by atoms with van der Waals surface area (Å²) in [5.41, 5.74) is 14.1. The number of carbonyl (C=O) groups is 1. The molecule has 1 unspecified atom stereocenters. The Morgan fingerprint density at radius 3 is 2.56 bits per heavy atom. The molecule has 7 nitrogen and oxygen atoms in total. The van der Waals surface area contributed by atoms with Crippen LogP contribution in [0.2, 0.25) is 0 Å². The van der Waals surface area contributed by atoms with Gasteiger partial charge in [0.1, 0.15) is 5.82 Å². The second-order valence-electron chi connectivity index (χ2n) is 5.83. The highest BCUT2D eigenvalue weighted by atomic mass is 16.5. The fourth-order valence-corrected chi connectivity index (χ4v) is 2.45. The first-order valence-corrected chi connectivity index (χ1v) is 8.23. The molecule has 0 saturated heterocycles. The molecule has 6 N–H and O–H groups in total. The summed E-state index contributed by atoms with van der Waals surface area (Å²) < 4.78 is 4.85. The summed E-state index contributed by atoms with van der Waals surface area (Å²) in [7, 11) is 0. The van der Waals surface area contributed by atoms with E-state index in [1.54, 1.807) is 13.0 Å². The number of nitrogens with two attached hydrogens (primary N) is 2. The number of benzene rings is 1. The molecule has 134 valence electrons. The van der Waals surface area contributed by atoms with Crippen molar-refractivity contribution in [3.8, 4) is 0 Å². The second kappa shape index (κ2) is 8.23. The Morgan fingerprint density at radius 2 is 1.92 bits per heavy atom. The van der Waals surface area contributed by atoms with Crippen LogP contribution < -0.4 is 22.1 Å². The molecule has 0 aliphatic carbocycles. The van der Waals surface area contributed by atoms with E-state index in [0.29, 0.717) is 11.4 Å². The Hall–Kier alpha value is -2.96. The quantitative estimate of drug-likeness (QED) is 0.639. The molecule has 0 spiro atoms. The number of hydrogen-bond donors (Lipinski definition) is 4. The monoisotopic (exact) mass is 343 g/mol. The highest BCUT2D eigenvalue weighted by Gasteiger charge is 2.17. The highest BCUT2D eigenvalue weighted by Crippen LogP contribution is 2.30. The van der Waals surface area contributed by atoms with E-state index in [9.17, 15) is 4.79 Å². The molecular formula is C18H25N5O2. The van der Waals surface area contributed by atoms with E-state index < -0.39 is 6.09 Å². The number of nitrogens with zero attached hydrogens (tertiary/aromatic N) is 1. The lowest BCUT2D eigenvalue weighted by Gasteiger charge is -2.24. The van der Waals surface area contributed by atoms with Gasteiger partial charge in [0.25, 0.3) is 0 Å². The molecule has 7 heteroatoms. The Kier molecular flexibility index (Phi) is 6.05. The number of anilines is 4. The van der Waals surface area contributed by atoms with Gasteiger partial charge in [0.05, 0.1) is 18.0 Å². The van der Waals surface area contributed by atoms with Crippen LogP contribution in [0, 0.1) is 0 Å². The minimum atomic E-state index is -0.587. The van der Waals surface area contributed by atoms with E-state index in [4.69, 9.17) is 16.2 Å². The van der Waals surface area contributed by atoms with Crippen LogP contribution in [0.3, 0.4) is 0 Å². The van der Waals surface area contributed by atoms with Crippen LogP contribution >= 0.6 is 0 Å². The average Bonchev–Trinajstić information content (AvgIpc) is 2.59. The number of rotatable bonds is 6. The van der Waals surface area contributed by atoms with E-state index in [1.165, 1.54) is 5.56 Å². The van der Waals surface area contributed by atoms with E-state index in [1.807, 2.05) is 18.2 Å². The summed E-state index contributed by atoms with van der Waals surface area (Å²) in [6.07, 6.45) is -0.587. The minimum Gasteiger partial charge on any atom is -0.450 e. The average molecular weight is 343 g/mol. The molecule has 25 heavy (non-hydrogen) atoms. The molecule has 0 fully saturated rings. The Labute approximate surface area is 147 Å². The Morgan fingerprint density at radius 1 is 1.24 bits per heavy atom. The van der Waals surface area contributed by atoms with Gasteiger partial charge < -0.3 is 21.5 Å². The van der Waals surface area contributed by atoms with Crippen LogP contribution in [0.25, 0.3) is 0 Å². The standard InChI is InChI=1S/C18H25N5O2/c1-4-25-18(24)23-15-10-14(16(19)17(20)22-15)21-12(3)11(2)13-8-6-5-7-9-13/h5-12H,4,19H2,1-3H3,(H4,20,21,22,23,24)/t11-,12?/m0/s1. The van der Waals surface area contributed by atoms with Crippen molar-refractivity contribution in [3.63, 3.8) is 0 Å². The van der Waals surface area contributed by atoms with Crippen LogP contribution in [0.15, 0.2) is 36.4 Å². The highest BCUT2D eigenvalue weighted by molar-refractivity contribution is 5.87. The fourth-order valence-electron chi connectivity index (χ4n) is 2.45. The number of hydrogen-bond acceptors (Lipinski definition) is 6. The summed E-state index contributed by atoms with van der Waals surface area (Å²) in [5, 5.41) is 5.90. The van der Waals surface area contributed by atoms with E-state index in [0.717, 1.165) is 0 Å². The molecule has 0 aliphatic heterocycles. The van der Waals surface area contributed by atoms with Crippen molar-refractivity contribution in [1.82, 2.24) is 4.98 Å². The maximum Gasteiger partial charge on any atom is 0.412 e. The van der Waals surface area contributed by atoms with E-state index in [2.05, 4.69) is 41.6 Å². The smallest absolute Gasteiger partial charge is 0.412 e. The molecule has 1 heterocycles. The molecule has 1 aromatic carbocycles. The number of ether oxygens (including phenoxy) is 1. The summed E-state index contributed by atoms with van der Waals surface area (Å²) >= 11 is 0. The Bertz CT molecular complexity index is 721. The molecule has 0 saturated carbocycles. The lowest BCUT2D eigenvalue weighted by atomic mass is 9.94. The molecule has 0 aliphatic rings. The van der Waals surface area contributed by atoms with Crippen molar-refractivity contribution in [2.24, 2.45) is 0 Å². The molecule has 2 rings (SSSR count). The topological polar surface area (TPSA) is 115 Å². The molecular weight excluding hydrogens is 318 g/mol. The predicted octanol–water partition coefficient (Wildman–Crippen LogP) is 3.42. The molecule has 2 aromatic rings. The SMILES string of the molecule is CCOC(=O)Nc1cc(NC(C)[C@H](C)c2ccccc2)c(N)c(N)n1. The molecule has 0 bridgehead atoms. The van der Waals surface area contributed by atoms with Gasteiger partial charge in [-0.05, 0) is 19.4 Å². The van der Waals surface area contributed by atoms with Gasteiger partial charge in [-0.3, -0.25) is 5.32 Å². The summed E-state index contributed by atoms with van der Waals surface area (Å²) in [6.45, 7) is 6.19. The van der Waals surface area contributed by atoms with Crippen molar-refractivity contribution >= 4 is 29.1 Å². The number of pyridine rings is 1. The van der Waals surface area contributed by atoms with E-state index >= 15 is 0 Å². The maximum atomic E-state index is 11.6. The minimum absolute atomic E-state index is 0.0851. The number of amides is 1. The molecule has 1 aromatic heterocycles. The van der Waals surface area contributed by atoms with Crippen LogP contribution in [0.5, 0.6) is 0 Å². The largest absolute Gasteiger partial charge is 0.450 e. The first kappa shape index (κ1) is 18.4. The first-order chi connectivity index (χ1) is 11.9. The van der Waals surface area contributed by atoms with Gasteiger partial charge in [-0.25, -0.2) is 9.78 Å². The number of nitrogens with one attached hydrogen (secondary N) is 2. The van der Waals surface area contributed by atoms with Crippen LogP contribution in [0.1, 0.15) is 32.3 Å². The van der Waals surface area contributed by atoms with Gasteiger partial charge in [-0.1, -0.05) is 37.3 Å². The van der Waals surface area contributed by atoms with Crippen molar-refractivity contribution in [1.29, 1.82) is 0 Å². The third kappa shape index (κ3) is 4.76. The zero-order chi connectivity index (χ0) is 18.4. The number of nitrogen functional groups attached to an aromatic ring is 2. The van der Waals surface area contributed by atoms with Gasteiger partial charge in [0.15, 0.2) is 5.82 Å². The normalized spacial score (nSPS) is 12.9. The third-order valence-electron chi connectivity index (χ3n) is 4.05. The van der Waals surface area contributed by atoms with Gasteiger partial charge in [0, 0.05) is 18.0 Å². The molecule has 2 atom stereocenters. The number of aromatic nitrogens is 1. The molecule has 0 radical (unpaired) electrons. The van der Waals surface area contributed by atoms with Crippen molar-refractivity contribution in [2.45, 2.75) is 32.7 Å². The summed E-state index contributed by atoms with van der Waals surface area (Å²) in [5.74, 6) is 0.681. The van der Waals surface area contributed by atoms with Crippen molar-refractivity contribution in [3.05, 3.63) is 42.0 Å².